The number of H-pyrrole nitrogens is 1. The molecule has 2 rings (SSSR count). The highest BCUT2D eigenvalue weighted by molar-refractivity contribution is 6.69. The van der Waals surface area contributed by atoms with Gasteiger partial charge in [-0.05, 0) is 5.56 Å². The Morgan fingerprint density at radius 2 is 1.90 bits per heavy atom. The molecule has 1 aromatic heterocycles. The van der Waals surface area contributed by atoms with Crippen molar-refractivity contribution in [2.75, 3.05) is 0 Å². The van der Waals surface area contributed by atoms with Crippen LogP contribution in [0.1, 0.15) is 50.9 Å². The van der Waals surface area contributed by atoms with Crippen molar-refractivity contribution in [2.24, 2.45) is 0 Å². The van der Waals surface area contributed by atoms with E-state index >= 15 is 0 Å². The van der Waals surface area contributed by atoms with Gasteiger partial charge in [-0.3, -0.25) is 4.79 Å². The predicted molar refractivity (Wildman–Crippen MR) is 87.1 cm³/mol. The van der Waals surface area contributed by atoms with Gasteiger partial charge < -0.3 is 10.1 Å². The molecule has 0 aliphatic carbocycles. The molecule has 0 fully saturated rings. The van der Waals surface area contributed by atoms with Crippen molar-refractivity contribution in [3.8, 4) is 0 Å². The van der Waals surface area contributed by atoms with Crippen LogP contribution in [0.15, 0.2) is 18.1 Å². The van der Waals surface area contributed by atoms with E-state index in [4.69, 9.17) is 5.11 Å². The maximum Gasteiger partial charge on any atom is 0.304 e. The number of carboxylic acid groups (broad SMARTS) is 1. The van der Waals surface area contributed by atoms with Crippen molar-refractivity contribution in [2.45, 2.75) is 46.4 Å². The van der Waals surface area contributed by atoms with Crippen molar-refractivity contribution in [3.63, 3.8) is 0 Å². The van der Waals surface area contributed by atoms with Crippen LogP contribution in [0.2, 0.25) is 6.82 Å². The van der Waals surface area contributed by atoms with Crippen molar-refractivity contribution in [1.29, 1.82) is 0 Å². The molecule has 1 aromatic rings. The van der Waals surface area contributed by atoms with Gasteiger partial charge in [-0.15, -0.1) is 12.0 Å². The second-order valence-corrected chi connectivity index (χ2v) is 5.56. The van der Waals surface area contributed by atoms with Gasteiger partial charge in [0.2, 0.25) is 0 Å². The molecule has 0 saturated carbocycles. The van der Waals surface area contributed by atoms with E-state index in [1.54, 1.807) is 0 Å². The number of carboxylic acids is 1. The van der Waals surface area contributed by atoms with E-state index in [1.165, 1.54) is 0 Å². The Morgan fingerprint density at radius 1 is 1.30 bits per heavy atom. The number of nitrogens with one attached hydrogen (secondary N) is 1. The molecule has 0 atom stereocenters. The Morgan fingerprint density at radius 3 is 2.50 bits per heavy atom. The Kier molecular flexibility index (Phi) is 5.43. The number of rotatable bonds is 3. The van der Waals surface area contributed by atoms with Crippen LogP contribution in [0.4, 0.5) is 0 Å². The topological polar surface area (TPSA) is 53.1 Å². The first-order chi connectivity index (χ1) is 9.40. The third-order valence-corrected chi connectivity index (χ3v) is 3.41. The molecular weight excluding hydrogens is 249 g/mol. The smallest absolute Gasteiger partial charge is 0.304 e. The molecule has 1 aliphatic rings. The summed E-state index contributed by atoms with van der Waals surface area (Å²) >= 11 is 0. The van der Waals surface area contributed by atoms with E-state index in [-0.39, 0.29) is 11.8 Å². The minimum absolute atomic E-state index is 0.129. The summed E-state index contributed by atoms with van der Waals surface area (Å²) in [6.45, 7) is 10.5. The number of aromatic nitrogens is 1. The second-order valence-electron chi connectivity index (χ2n) is 5.56. The number of hydrogen-bond donors (Lipinski definition) is 2. The van der Waals surface area contributed by atoms with Crippen LogP contribution < -0.4 is 0 Å². The lowest BCUT2D eigenvalue weighted by atomic mass is 9.52. The lowest BCUT2D eigenvalue weighted by Gasteiger charge is -2.22. The zero-order chi connectivity index (χ0) is 15.3. The molecule has 0 aromatic carbocycles. The van der Waals surface area contributed by atoms with E-state index in [2.05, 4.69) is 35.9 Å². The van der Waals surface area contributed by atoms with Crippen LogP contribution in [0, 0.1) is 0 Å². The first-order valence-corrected chi connectivity index (χ1v) is 7.20. The Balaban J connectivity index is 0.000000956. The number of fused-ring (bicyclic) bond motifs is 1. The van der Waals surface area contributed by atoms with Crippen molar-refractivity contribution >= 4 is 24.8 Å². The average Bonchev–Trinajstić information content (AvgIpc) is 2.70. The zero-order valence-corrected chi connectivity index (χ0v) is 13.0. The maximum absolute atomic E-state index is 11.0. The van der Waals surface area contributed by atoms with E-state index in [0.717, 1.165) is 16.8 Å². The molecule has 3 nitrogen and oxygen atoms in total. The monoisotopic (exact) mass is 273 g/mol. The summed E-state index contributed by atoms with van der Waals surface area (Å²) in [5.41, 5.74) is 2.86. The Hall–Kier alpha value is -1.71. The third-order valence-electron chi connectivity index (χ3n) is 3.41. The first kappa shape index (κ1) is 16.3. The summed E-state index contributed by atoms with van der Waals surface area (Å²) in [6.07, 6.45) is 6.22. The highest BCUT2D eigenvalue weighted by atomic mass is 16.4. The molecule has 20 heavy (non-hydrogen) atoms. The van der Waals surface area contributed by atoms with Gasteiger partial charge in [0.05, 0.1) is 6.42 Å². The predicted octanol–water partition coefficient (Wildman–Crippen LogP) is 4.04. The van der Waals surface area contributed by atoms with Gasteiger partial charge in [0.15, 0.2) is 6.71 Å². The normalized spacial score (nSPS) is 13.3. The van der Waals surface area contributed by atoms with Gasteiger partial charge >= 0.3 is 5.97 Å². The second kappa shape index (κ2) is 6.64. The fourth-order valence-corrected chi connectivity index (χ4v) is 2.36. The molecule has 2 heterocycles. The largest absolute Gasteiger partial charge is 0.481 e. The fraction of sp³-hybridized carbons (Fsp3) is 0.438. The molecule has 0 spiro atoms. The van der Waals surface area contributed by atoms with Crippen molar-refractivity contribution < 1.29 is 9.90 Å². The lowest BCUT2D eigenvalue weighted by molar-refractivity contribution is -0.138. The molecule has 0 unspecified atom stereocenters. The summed E-state index contributed by atoms with van der Waals surface area (Å²) < 4.78 is 0. The third kappa shape index (κ3) is 3.65. The Labute approximate surface area is 121 Å². The minimum atomic E-state index is -0.767. The molecule has 0 bridgehead atoms. The van der Waals surface area contributed by atoms with Crippen LogP contribution in [-0.4, -0.2) is 22.8 Å². The van der Waals surface area contributed by atoms with Gasteiger partial charge in [0, 0.05) is 22.9 Å². The number of carbonyl (C=O) groups is 1. The first-order valence-electron chi connectivity index (χ1n) is 7.20. The van der Waals surface area contributed by atoms with Gasteiger partial charge in [0.25, 0.3) is 0 Å². The minimum Gasteiger partial charge on any atom is -0.481 e. The van der Waals surface area contributed by atoms with Crippen molar-refractivity contribution in [1.82, 2.24) is 4.98 Å². The lowest BCUT2D eigenvalue weighted by Crippen LogP contribution is -2.22. The summed E-state index contributed by atoms with van der Waals surface area (Å²) in [5.74, 6) is 3.50. The van der Waals surface area contributed by atoms with Gasteiger partial charge in [0.1, 0.15) is 0 Å². The highest BCUT2D eigenvalue weighted by Gasteiger charge is 2.28. The van der Waals surface area contributed by atoms with Crippen LogP contribution in [0.5, 0.6) is 0 Å². The molecule has 0 radical (unpaired) electrons. The molecule has 0 amide bonds. The van der Waals surface area contributed by atoms with Gasteiger partial charge in [-0.25, -0.2) is 0 Å². The van der Waals surface area contributed by atoms with Crippen LogP contribution in [0.3, 0.4) is 0 Å². The summed E-state index contributed by atoms with van der Waals surface area (Å²) in [5, 5.41) is 9.01. The Bertz CT molecular complexity index is 527. The van der Waals surface area contributed by atoms with Crippen LogP contribution in [-0.2, 0) is 10.2 Å². The SMILES string of the molecule is CB1C=Cc2[nH]cc(C(C)(C)CC(=O)O)c2C=C1.CC. The fourth-order valence-electron chi connectivity index (χ4n) is 2.36. The summed E-state index contributed by atoms with van der Waals surface area (Å²) in [4.78, 5) is 14.2. The van der Waals surface area contributed by atoms with Gasteiger partial charge in [-0.1, -0.05) is 46.7 Å². The molecular formula is C16H24BNO2. The molecule has 108 valence electrons. The maximum atomic E-state index is 11.0. The molecule has 4 heteroatoms. The molecule has 2 N–H and O–H groups in total. The number of hydrogen-bond acceptors (Lipinski definition) is 1. The van der Waals surface area contributed by atoms with E-state index < -0.39 is 5.97 Å². The summed E-state index contributed by atoms with van der Waals surface area (Å²) in [7, 11) is 0. The molecule has 1 aliphatic heterocycles. The van der Waals surface area contributed by atoms with E-state index in [0.29, 0.717) is 6.71 Å². The van der Waals surface area contributed by atoms with Crippen LogP contribution >= 0.6 is 0 Å². The highest BCUT2D eigenvalue weighted by Crippen LogP contribution is 2.33. The average molecular weight is 273 g/mol. The quantitative estimate of drug-likeness (QED) is 0.817. The van der Waals surface area contributed by atoms with Gasteiger partial charge in [-0.2, -0.15) is 0 Å². The van der Waals surface area contributed by atoms with E-state index in [1.807, 2.05) is 33.9 Å². The van der Waals surface area contributed by atoms with Crippen LogP contribution in [0.25, 0.3) is 12.2 Å². The summed E-state index contributed by atoms with van der Waals surface area (Å²) in [6, 6.07) is 0. The zero-order valence-electron chi connectivity index (χ0n) is 13.0. The number of aromatic amines is 1. The standard InChI is InChI=1S/C14H18BNO2.C2H6/c1-14(2,8-13(17)18)11-9-16-12-5-7-15(3)6-4-10(11)12;1-2/h4-7,9,16H,8H2,1-3H3,(H,17,18);1-2H3. The van der Waals surface area contributed by atoms with E-state index in [9.17, 15) is 4.79 Å². The number of aliphatic carboxylic acids is 1. The van der Waals surface area contributed by atoms with Crippen molar-refractivity contribution in [3.05, 3.63) is 35.0 Å². The molecule has 0 saturated heterocycles.